The van der Waals surface area contributed by atoms with Gasteiger partial charge in [0.15, 0.2) is 0 Å². The van der Waals surface area contributed by atoms with E-state index in [4.69, 9.17) is 0 Å². The van der Waals surface area contributed by atoms with Crippen molar-refractivity contribution in [3.63, 3.8) is 0 Å². The topological polar surface area (TPSA) is 3.24 Å². The van der Waals surface area contributed by atoms with Crippen LogP contribution in [0, 0.1) is 0 Å². The van der Waals surface area contributed by atoms with Crippen molar-refractivity contribution in [2.75, 3.05) is 4.90 Å². The molecule has 1 unspecified atom stereocenters. The van der Waals surface area contributed by atoms with E-state index in [1.54, 1.807) is 0 Å². The molecule has 12 aromatic rings. The SMILES string of the molecule is CC1(C)c2ccccc2-c2ccc(N(c3ccc(-c4ccccc4)cc3)c3ccc4c(c3)sc3cc(C5(c6cccc(-c7ccccc7)c6)c6ccccc6-c6cc7ccccc7cc65)ccc34)cc21. The molecule has 0 spiro atoms. The van der Waals surface area contributed by atoms with E-state index in [0.29, 0.717) is 0 Å². The van der Waals surface area contributed by atoms with Crippen molar-refractivity contribution < 1.29 is 0 Å². The maximum absolute atomic E-state index is 2.51. The van der Waals surface area contributed by atoms with Crippen molar-refractivity contribution in [1.82, 2.24) is 0 Å². The van der Waals surface area contributed by atoms with E-state index in [9.17, 15) is 0 Å². The molecule has 1 heterocycles. The number of anilines is 3. The van der Waals surface area contributed by atoms with Gasteiger partial charge in [-0.3, -0.25) is 0 Å². The average molecular weight is 910 g/mol. The zero-order valence-corrected chi connectivity index (χ0v) is 39.8. The highest BCUT2D eigenvalue weighted by Crippen LogP contribution is 2.58. The summed E-state index contributed by atoms with van der Waals surface area (Å²) in [6.07, 6.45) is 0. The number of hydrogen-bond acceptors (Lipinski definition) is 2. The van der Waals surface area contributed by atoms with Crippen LogP contribution >= 0.6 is 11.3 Å². The van der Waals surface area contributed by atoms with Crippen molar-refractivity contribution in [1.29, 1.82) is 0 Å². The van der Waals surface area contributed by atoms with E-state index in [-0.39, 0.29) is 5.41 Å². The highest BCUT2D eigenvalue weighted by atomic mass is 32.1. The Kier molecular flexibility index (Phi) is 9.09. The first-order valence-electron chi connectivity index (χ1n) is 24.4. The maximum atomic E-state index is 2.51. The summed E-state index contributed by atoms with van der Waals surface area (Å²) < 4.78 is 2.55. The van der Waals surface area contributed by atoms with Crippen LogP contribution in [0.2, 0.25) is 0 Å². The summed E-state index contributed by atoms with van der Waals surface area (Å²) in [7, 11) is 0. The lowest BCUT2D eigenvalue weighted by Crippen LogP contribution is -2.28. The molecule has 0 aliphatic heterocycles. The van der Waals surface area contributed by atoms with Gasteiger partial charge in [0.05, 0.1) is 5.41 Å². The van der Waals surface area contributed by atoms with Crippen LogP contribution in [-0.2, 0) is 10.8 Å². The smallest absolute Gasteiger partial charge is 0.0714 e. The Morgan fingerprint density at radius 3 is 1.60 bits per heavy atom. The van der Waals surface area contributed by atoms with Gasteiger partial charge in [-0.15, -0.1) is 11.3 Å². The predicted octanol–water partition coefficient (Wildman–Crippen LogP) is 18.7. The minimum absolute atomic E-state index is 0.119. The van der Waals surface area contributed by atoms with Crippen molar-refractivity contribution >= 4 is 59.3 Å². The molecule has 0 saturated carbocycles. The molecule has 0 fully saturated rings. The number of thiophene rings is 1. The molecule has 1 atom stereocenters. The van der Waals surface area contributed by atoms with Gasteiger partial charge in [0, 0.05) is 42.6 Å². The molecule has 330 valence electrons. The van der Waals surface area contributed by atoms with Gasteiger partial charge >= 0.3 is 0 Å². The van der Waals surface area contributed by atoms with Gasteiger partial charge in [-0.25, -0.2) is 0 Å². The fraction of sp³-hybridized carbons (Fsp3) is 0.0588. The molecule has 2 heteroatoms. The Hall–Kier alpha value is -8.30. The fourth-order valence-corrected chi connectivity index (χ4v) is 13.3. The van der Waals surface area contributed by atoms with Crippen LogP contribution in [0.3, 0.4) is 0 Å². The molecule has 2 aliphatic rings. The minimum atomic E-state index is -0.556. The van der Waals surface area contributed by atoms with Gasteiger partial charge in [0.1, 0.15) is 0 Å². The molecule has 0 bridgehead atoms. The van der Waals surface area contributed by atoms with Crippen LogP contribution < -0.4 is 4.90 Å². The zero-order chi connectivity index (χ0) is 46.6. The standard InChI is InChI=1S/C68H47NS/c1-67(2)61-26-13-11-24-55(61)57-36-33-53(42-63(57)67)69(52-31-28-46(29-32-52)44-16-5-3-6-17-44)54-34-37-59-58-35-30-51(41-65(58)70-66(59)43-54)68(50-23-15-22-47(38-50)45-18-7-4-8-19-45)62-27-14-12-25-56(62)60-39-48-20-9-10-21-49(48)40-64(60)68/h3-43H,1-2H3. The summed E-state index contributed by atoms with van der Waals surface area (Å²) in [5, 5.41) is 5.07. The maximum Gasteiger partial charge on any atom is 0.0714 e. The van der Waals surface area contributed by atoms with Crippen LogP contribution in [0.4, 0.5) is 17.1 Å². The normalized spacial score (nSPS) is 15.2. The third kappa shape index (κ3) is 6.10. The van der Waals surface area contributed by atoms with Gasteiger partial charge < -0.3 is 4.90 Å². The second-order valence-corrected chi connectivity index (χ2v) is 20.7. The third-order valence-corrected chi connectivity index (χ3v) is 16.6. The van der Waals surface area contributed by atoms with E-state index in [0.717, 1.165) is 17.1 Å². The van der Waals surface area contributed by atoms with E-state index in [1.165, 1.54) is 109 Å². The third-order valence-electron chi connectivity index (χ3n) is 15.5. The Bertz CT molecular complexity index is 4030. The van der Waals surface area contributed by atoms with E-state index in [1.807, 2.05) is 11.3 Å². The van der Waals surface area contributed by atoms with Gasteiger partial charge in [-0.2, -0.15) is 0 Å². The molecular formula is C68H47NS. The fourth-order valence-electron chi connectivity index (χ4n) is 12.2. The first kappa shape index (κ1) is 40.7. The van der Waals surface area contributed by atoms with Crippen LogP contribution in [0.5, 0.6) is 0 Å². The lowest BCUT2D eigenvalue weighted by molar-refractivity contribution is 0.660. The Morgan fingerprint density at radius 1 is 0.314 bits per heavy atom. The highest BCUT2D eigenvalue weighted by Gasteiger charge is 2.46. The number of fused-ring (bicyclic) bond motifs is 10. The van der Waals surface area contributed by atoms with Gasteiger partial charge in [0.2, 0.25) is 0 Å². The Balaban J connectivity index is 0.953. The Labute approximate surface area is 413 Å². The summed E-state index contributed by atoms with van der Waals surface area (Å²) in [5.41, 5.74) is 20.8. The number of benzene rings is 11. The largest absolute Gasteiger partial charge is 0.310 e. The summed E-state index contributed by atoms with van der Waals surface area (Å²) in [5.74, 6) is 0. The molecular weight excluding hydrogens is 863 g/mol. The second-order valence-electron chi connectivity index (χ2n) is 19.6. The molecule has 0 amide bonds. The van der Waals surface area contributed by atoms with Crippen LogP contribution in [0.15, 0.2) is 249 Å². The summed E-state index contributed by atoms with van der Waals surface area (Å²) in [4.78, 5) is 2.45. The molecule has 14 rings (SSSR count). The van der Waals surface area contributed by atoms with E-state index < -0.39 is 5.41 Å². The van der Waals surface area contributed by atoms with Gasteiger partial charge in [-0.05, 0) is 149 Å². The first-order chi connectivity index (χ1) is 34.4. The summed E-state index contributed by atoms with van der Waals surface area (Å²) in [6, 6.07) is 93.2. The van der Waals surface area contributed by atoms with E-state index in [2.05, 4.69) is 267 Å². The van der Waals surface area contributed by atoms with Gasteiger partial charge in [-0.1, -0.05) is 202 Å². The van der Waals surface area contributed by atoms with Crippen molar-refractivity contribution in [2.24, 2.45) is 0 Å². The van der Waals surface area contributed by atoms with Crippen LogP contribution in [0.25, 0.3) is 75.5 Å². The van der Waals surface area contributed by atoms with E-state index >= 15 is 0 Å². The molecule has 0 saturated heterocycles. The lowest BCUT2D eigenvalue weighted by atomic mass is 9.67. The minimum Gasteiger partial charge on any atom is -0.310 e. The molecule has 70 heavy (non-hydrogen) atoms. The van der Waals surface area contributed by atoms with Crippen molar-refractivity contribution in [3.8, 4) is 44.5 Å². The van der Waals surface area contributed by atoms with Crippen LogP contribution in [-0.4, -0.2) is 0 Å². The van der Waals surface area contributed by atoms with Crippen molar-refractivity contribution in [3.05, 3.63) is 282 Å². The predicted molar refractivity (Wildman–Crippen MR) is 297 cm³/mol. The number of rotatable bonds is 7. The summed E-state index contributed by atoms with van der Waals surface area (Å²) in [6.45, 7) is 4.74. The second kappa shape index (κ2) is 15.6. The van der Waals surface area contributed by atoms with Crippen LogP contribution in [0.1, 0.15) is 47.2 Å². The quantitative estimate of drug-likeness (QED) is 0.154. The molecule has 11 aromatic carbocycles. The van der Waals surface area contributed by atoms with Crippen molar-refractivity contribution in [2.45, 2.75) is 24.7 Å². The highest BCUT2D eigenvalue weighted by molar-refractivity contribution is 7.25. The Morgan fingerprint density at radius 2 is 0.843 bits per heavy atom. The molecule has 1 nitrogen and oxygen atoms in total. The zero-order valence-electron chi connectivity index (χ0n) is 39.0. The molecule has 1 aromatic heterocycles. The van der Waals surface area contributed by atoms with Gasteiger partial charge in [0.25, 0.3) is 0 Å². The first-order valence-corrected chi connectivity index (χ1v) is 25.2. The molecule has 2 aliphatic carbocycles. The number of nitrogens with zero attached hydrogens (tertiary/aromatic N) is 1. The summed E-state index contributed by atoms with van der Waals surface area (Å²) >= 11 is 1.90. The molecule has 0 N–H and O–H groups in total. The molecule has 0 radical (unpaired) electrons. The lowest BCUT2D eigenvalue weighted by Gasteiger charge is -2.34. The average Bonchev–Trinajstić information content (AvgIpc) is 4.01. The monoisotopic (exact) mass is 909 g/mol. The number of hydrogen-bond donors (Lipinski definition) is 0.